The molecule has 122 valence electrons. The van der Waals surface area contributed by atoms with Crippen molar-refractivity contribution >= 4 is 0 Å². The highest BCUT2D eigenvalue weighted by atomic mass is 16.1. The Hall–Kier alpha value is -1.94. The fraction of sp³-hybridized carbons (Fsp3) is 0.474. The third-order valence-corrected chi connectivity index (χ3v) is 4.71. The SMILES string of the molecule is Cc1cccc(CCN2CCC(Cc3ccc(=O)[nH]c3)CC2)n1. The molecule has 2 aromatic rings. The Kier molecular flexibility index (Phi) is 5.23. The van der Waals surface area contributed by atoms with Crippen LogP contribution in [0.5, 0.6) is 0 Å². The number of H-pyrrole nitrogens is 1. The summed E-state index contributed by atoms with van der Waals surface area (Å²) in [5.41, 5.74) is 3.52. The van der Waals surface area contributed by atoms with Gasteiger partial charge in [0.15, 0.2) is 0 Å². The molecule has 1 aliphatic rings. The molecule has 0 aliphatic carbocycles. The van der Waals surface area contributed by atoms with Gasteiger partial charge in [0.25, 0.3) is 0 Å². The molecule has 0 atom stereocenters. The molecule has 3 heterocycles. The van der Waals surface area contributed by atoms with Gasteiger partial charge in [0.05, 0.1) is 0 Å². The number of piperidine rings is 1. The molecule has 1 fully saturated rings. The van der Waals surface area contributed by atoms with Gasteiger partial charge < -0.3 is 9.88 Å². The number of pyridine rings is 2. The van der Waals surface area contributed by atoms with Crippen LogP contribution in [-0.4, -0.2) is 34.5 Å². The molecule has 0 unspecified atom stereocenters. The summed E-state index contributed by atoms with van der Waals surface area (Å²) in [6.45, 7) is 5.48. The van der Waals surface area contributed by atoms with E-state index in [0.717, 1.165) is 31.0 Å². The van der Waals surface area contributed by atoms with Crippen LogP contribution in [0.25, 0.3) is 0 Å². The lowest BCUT2D eigenvalue weighted by Crippen LogP contribution is -2.35. The van der Waals surface area contributed by atoms with Crippen molar-refractivity contribution in [1.82, 2.24) is 14.9 Å². The normalized spacial score (nSPS) is 16.6. The maximum atomic E-state index is 11.1. The van der Waals surface area contributed by atoms with Gasteiger partial charge >= 0.3 is 0 Å². The zero-order valence-electron chi connectivity index (χ0n) is 13.8. The van der Waals surface area contributed by atoms with Gasteiger partial charge in [-0.15, -0.1) is 0 Å². The van der Waals surface area contributed by atoms with E-state index in [0.29, 0.717) is 0 Å². The van der Waals surface area contributed by atoms with Crippen LogP contribution in [0.1, 0.15) is 29.8 Å². The lowest BCUT2D eigenvalue weighted by atomic mass is 9.90. The van der Waals surface area contributed by atoms with Crippen molar-refractivity contribution < 1.29 is 0 Å². The minimum Gasteiger partial charge on any atom is -0.329 e. The molecule has 2 aromatic heterocycles. The van der Waals surface area contributed by atoms with E-state index in [-0.39, 0.29) is 5.56 Å². The average molecular weight is 311 g/mol. The Balaban J connectivity index is 1.43. The molecular formula is C19H25N3O. The summed E-state index contributed by atoms with van der Waals surface area (Å²) in [5.74, 6) is 0.731. The first kappa shape index (κ1) is 15.9. The molecule has 0 saturated carbocycles. The molecule has 23 heavy (non-hydrogen) atoms. The summed E-state index contributed by atoms with van der Waals surface area (Å²) >= 11 is 0. The number of likely N-dealkylation sites (tertiary alicyclic amines) is 1. The monoisotopic (exact) mass is 311 g/mol. The maximum absolute atomic E-state index is 11.1. The molecule has 4 heteroatoms. The molecule has 3 rings (SSSR count). The highest BCUT2D eigenvalue weighted by Crippen LogP contribution is 2.21. The zero-order valence-corrected chi connectivity index (χ0v) is 13.8. The van der Waals surface area contributed by atoms with Gasteiger partial charge in [-0.05, 0) is 62.9 Å². The first-order valence-electron chi connectivity index (χ1n) is 8.51. The molecule has 0 aromatic carbocycles. The van der Waals surface area contributed by atoms with Gasteiger partial charge in [-0.1, -0.05) is 12.1 Å². The highest BCUT2D eigenvalue weighted by Gasteiger charge is 2.19. The predicted octanol–water partition coefficient (Wildman–Crippen LogP) is 2.58. The fourth-order valence-electron chi connectivity index (χ4n) is 3.33. The van der Waals surface area contributed by atoms with Crippen molar-refractivity contribution in [1.29, 1.82) is 0 Å². The second-order valence-corrected chi connectivity index (χ2v) is 6.57. The van der Waals surface area contributed by atoms with Crippen LogP contribution >= 0.6 is 0 Å². The number of aromatic nitrogens is 2. The summed E-state index contributed by atoms with van der Waals surface area (Å²) in [4.78, 5) is 21.0. The Labute approximate surface area is 137 Å². The molecule has 1 aliphatic heterocycles. The van der Waals surface area contributed by atoms with E-state index < -0.39 is 0 Å². The molecule has 4 nitrogen and oxygen atoms in total. The second-order valence-electron chi connectivity index (χ2n) is 6.57. The van der Waals surface area contributed by atoms with Crippen LogP contribution in [0.15, 0.2) is 41.3 Å². The Bertz CT molecular complexity index is 667. The maximum Gasteiger partial charge on any atom is 0.247 e. The van der Waals surface area contributed by atoms with Gasteiger partial charge in [-0.25, -0.2) is 0 Å². The standard InChI is InChI=1S/C19H25N3O/c1-15-3-2-4-18(21-15)9-12-22-10-7-16(8-11-22)13-17-5-6-19(23)20-14-17/h2-6,14,16H,7-13H2,1H3,(H,20,23). The number of aromatic amines is 1. The first-order chi connectivity index (χ1) is 11.2. The van der Waals surface area contributed by atoms with E-state index in [2.05, 4.69) is 27.0 Å². The molecule has 0 bridgehead atoms. The summed E-state index contributed by atoms with van der Waals surface area (Å²) in [5, 5.41) is 0. The van der Waals surface area contributed by atoms with E-state index in [1.807, 2.05) is 25.3 Å². The molecule has 0 amide bonds. The minimum atomic E-state index is -0.0201. The van der Waals surface area contributed by atoms with Gasteiger partial charge in [0.1, 0.15) is 0 Å². The Morgan fingerprint density at radius 2 is 2.04 bits per heavy atom. The lowest BCUT2D eigenvalue weighted by Gasteiger charge is -2.32. The quantitative estimate of drug-likeness (QED) is 0.923. The molecular weight excluding hydrogens is 286 g/mol. The van der Waals surface area contributed by atoms with E-state index in [4.69, 9.17) is 0 Å². The average Bonchev–Trinajstić information content (AvgIpc) is 2.56. The van der Waals surface area contributed by atoms with Crippen molar-refractivity contribution in [3.8, 4) is 0 Å². The van der Waals surface area contributed by atoms with Crippen LogP contribution in [0.3, 0.4) is 0 Å². The van der Waals surface area contributed by atoms with Crippen LogP contribution in [0.4, 0.5) is 0 Å². The molecule has 0 spiro atoms. The van der Waals surface area contributed by atoms with E-state index in [1.54, 1.807) is 6.07 Å². The van der Waals surface area contributed by atoms with Crippen molar-refractivity contribution in [2.75, 3.05) is 19.6 Å². The molecule has 1 saturated heterocycles. The van der Waals surface area contributed by atoms with Crippen LogP contribution in [-0.2, 0) is 12.8 Å². The number of nitrogens with one attached hydrogen (secondary N) is 1. The lowest BCUT2D eigenvalue weighted by molar-refractivity contribution is 0.185. The molecule has 1 N–H and O–H groups in total. The van der Waals surface area contributed by atoms with E-state index >= 15 is 0 Å². The first-order valence-corrected chi connectivity index (χ1v) is 8.51. The fourth-order valence-corrected chi connectivity index (χ4v) is 3.33. The summed E-state index contributed by atoms with van der Waals surface area (Å²) in [6.07, 6.45) is 6.44. The Morgan fingerprint density at radius 3 is 2.74 bits per heavy atom. The highest BCUT2D eigenvalue weighted by molar-refractivity contribution is 5.11. The largest absolute Gasteiger partial charge is 0.329 e. The number of aryl methyl sites for hydroxylation is 1. The zero-order chi connectivity index (χ0) is 16.1. The van der Waals surface area contributed by atoms with Gasteiger partial charge in [0.2, 0.25) is 5.56 Å². The summed E-state index contributed by atoms with van der Waals surface area (Å²) in [6, 6.07) is 9.84. The summed E-state index contributed by atoms with van der Waals surface area (Å²) < 4.78 is 0. The second kappa shape index (κ2) is 7.55. The van der Waals surface area contributed by atoms with Crippen LogP contribution < -0.4 is 5.56 Å². The van der Waals surface area contributed by atoms with E-state index in [1.165, 1.54) is 37.2 Å². The van der Waals surface area contributed by atoms with E-state index in [9.17, 15) is 4.79 Å². The number of nitrogens with zero attached hydrogens (tertiary/aromatic N) is 2. The third-order valence-electron chi connectivity index (χ3n) is 4.71. The minimum absolute atomic E-state index is 0.0201. The predicted molar refractivity (Wildman–Crippen MR) is 92.6 cm³/mol. The Morgan fingerprint density at radius 1 is 1.22 bits per heavy atom. The van der Waals surface area contributed by atoms with Crippen molar-refractivity contribution in [3.05, 3.63) is 63.8 Å². The van der Waals surface area contributed by atoms with Crippen molar-refractivity contribution in [3.63, 3.8) is 0 Å². The van der Waals surface area contributed by atoms with Gasteiger partial charge in [-0.3, -0.25) is 9.78 Å². The number of hydrogen-bond acceptors (Lipinski definition) is 3. The molecule has 0 radical (unpaired) electrons. The van der Waals surface area contributed by atoms with Crippen LogP contribution in [0.2, 0.25) is 0 Å². The number of rotatable bonds is 5. The van der Waals surface area contributed by atoms with Crippen molar-refractivity contribution in [2.45, 2.75) is 32.6 Å². The topological polar surface area (TPSA) is 49.0 Å². The van der Waals surface area contributed by atoms with Crippen molar-refractivity contribution in [2.24, 2.45) is 5.92 Å². The van der Waals surface area contributed by atoms with Crippen LogP contribution in [0, 0.1) is 12.8 Å². The summed E-state index contributed by atoms with van der Waals surface area (Å²) in [7, 11) is 0. The van der Waals surface area contributed by atoms with Gasteiger partial charge in [-0.2, -0.15) is 0 Å². The number of hydrogen-bond donors (Lipinski definition) is 1. The van der Waals surface area contributed by atoms with Gasteiger partial charge in [0, 0.05) is 36.6 Å². The smallest absolute Gasteiger partial charge is 0.247 e. The third kappa shape index (κ3) is 4.76.